The Morgan fingerprint density at radius 3 is 2.69 bits per heavy atom. The van der Waals surface area contributed by atoms with E-state index in [1.807, 2.05) is 0 Å². The van der Waals surface area contributed by atoms with Crippen molar-refractivity contribution in [1.82, 2.24) is 5.32 Å². The van der Waals surface area contributed by atoms with Crippen LogP contribution in [0.1, 0.15) is 25.1 Å². The van der Waals surface area contributed by atoms with Crippen LogP contribution in [0.3, 0.4) is 0 Å². The maximum atomic E-state index is 9.64. The molecule has 0 spiro atoms. The van der Waals surface area contributed by atoms with Crippen LogP contribution in [0.4, 0.5) is 0 Å². The fourth-order valence-corrected chi connectivity index (χ4v) is 4.08. The monoisotopic (exact) mass is 367 g/mol. The van der Waals surface area contributed by atoms with Gasteiger partial charge in [0.1, 0.15) is 0 Å². The Hall–Kier alpha value is 0.580. The molecule has 0 bridgehead atoms. The van der Waals surface area contributed by atoms with Crippen molar-refractivity contribution in [2.75, 3.05) is 0 Å². The summed E-state index contributed by atoms with van der Waals surface area (Å²) in [6, 6.07) is 2.55. The zero-order chi connectivity index (χ0) is 11.9. The molecule has 5 heteroatoms. The van der Waals surface area contributed by atoms with Crippen LogP contribution in [0.25, 0.3) is 0 Å². The Labute approximate surface area is 117 Å². The van der Waals surface area contributed by atoms with E-state index in [0.717, 1.165) is 21.2 Å². The van der Waals surface area contributed by atoms with Crippen molar-refractivity contribution in [1.29, 1.82) is 0 Å². The van der Waals surface area contributed by atoms with E-state index in [9.17, 15) is 5.11 Å². The van der Waals surface area contributed by atoms with Crippen LogP contribution in [0.2, 0.25) is 0 Å². The second-order valence-corrected chi connectivity index (χ2v) is 8.15. The molecule has 1 aliphatic rings. The third-order valence-electron chi connectivity index (χ3n) is 3.43. The number of rotatable bonds is 3. The minimum Gasteiger partial charge on any atom is -0.392 e. The molecule has 0 amide bonds. The molecule has 1 fully saturated rings. The Kier molecular flexibility index (Phi) is 3.82. The summed E-state index contributed by atoms with van der Waals surface area (Å²) >= 11 is 8.71. The van der Waals surface area contributed by atoms with E-state index in [0.29, 0.717) is 6.04 Å². The summed E-state index contributed by atoms with van der Waals surface area (Å²) in [5, 5.41) is 13.1. The van der Waals surface area contributed by atoms with E-state index in [1.54, 1.807) is 11.3 Å². The Morgan fingerprint density at radius 1 is 1.56 bits per heavy atom. The number of aliphatic hydroxyl groups excluding tert-OH is 1. The van der Waals surface area contributed by atoms with Crippen LogP contribution in [-0.4, -0.2) is 17.3 Å². The van der Waals surface area contributed by atoms with E-state index in [1.165, 1.54) is 4.88 Å². The van der Waals surface area contributed by atoms with Crippen LogP contribution in [0.15, 0.2) is 14.3 Å². The first-order chi connectivity index (χ1) is 7.41. The van der Waals surface area contributed by atoms with Crippen molar-refractivity contribution in [3.8, 4) is 0 Å². The van der Waals surface area contributed by atoms with Crippen molar-refractivity contribution in [2.24, 2.45) is 5.41 Å². The molecule has 90 valence electrons. The number of halogens is 2. The summed E-state index contributed by atoms with van der Waals surface area (Å²) in [6.07, 6.45) is 0.701. The number of thiophene rings is 1. The predicted octanol–water partition coefficient (Wildman–Crippen LogP) is 3.52. The van der Waals surface area contributed by atoms with Crippen molar-refractivity contribution in [3.05, 3.63) is 19.2 Å². The van der Waals surface area contributed by atoms with Gasteiger partial charge in [0.2, 0.25) is 0 Å². The number of hydrogen-bond acceptors (Lipinski definition) is 3. The molecule has 2 rings (SSSR count). The van der Waals surface area contributed by atoms with Gasteiger partial charge in [-0.3, -0.25) is 0 Å². The predicted molar refractivity (Wildman–Crippen MR) is 74.8 cm³/mol. The topological polar surface area (TPSA) is 32.3 Å². The summed E-state index contributed by atoms with van der Waals surface area (Å²) in [4.78, 5) is 1.30. The molecule has 0 radical (unpaired) electrons. The molecule has 1 saturated carbocycles. The molecule has 2 unspecified atom stereocenters. The van der Waals surface area contributed by atoms with E-state index in [2.05, 4.69) is 57.1 Å². The van der Waals surface area contributed by atoms with Gasteiger partial charge in [0, 0.05) is 27.4 Å². The molecule has 0 saturated heterocycles. The normalized spacial score (nSPS) is 27.8. The standard InChI is InChI=1S/C11H15Br2NOS/c1-11(2)8(4-9(11)15)14-5-6-3-7(12)10(13)16-6/h3,8-9,14-15H,4-5H2,1-2H3. The maximum absolute atomic E-state index is 9.64. The van der Waals surface area contributed by atoms with Crippen LogP contribution >= 0.6 is 43.2 Å². The number of nitrogens with one attached hydrogen (secondary N) is 1. The molecule has 16 heavy (non-hydrogen) atoms. The highest BCUT2D eigenvalue weighted by Crippen LogP contribution is 2.41. The fraction of sp³-hybridized carbons (Fsp3) is 0.636. The van der Waals surface area contributed by atoms with Crippen molar-refractivity contribution in [2.45, 2.75) is 39.0 Å². The zero-order valence-electron chi connectivity index (χ0n) is 9.26. The minimum atomic E-state index is -0.160. The number of aliphatic hydroxyl groups is 1. The summed E-state index contributed by atoms with van der Waals surface area (Å²) in [6.45, 7) is 5.09. The number of hydrogen-bond donors (Lipinski definition) is 2. The molecule has 2 atom stereocenters. The lowest BCUT2D eigenvalue weighted by molar-refractivity contribution is -0.0729. The molecule has 2 N–H and O–H groups in total. The summed E-state index contributed by atoms with van der Waals surface area (Å²) in [5.74, 6) is 0. The molecule has 2 nitrogen and oxygen atoms in total. The van der Waals surface area contributed by atoms with E-state index in [4.69, 9.17) is 0 Å². The molecule has 1 heterocycles. The molecule has 0 aliphatic heterocycles. The Morgan fingerprint density at radius 2 is 2.25 bits per heavy atom. The highest BCUT2D eigenvalue weighted by atomic mass is 79.9. The largest absolute Gasteiger partial charge is 0.392 e. The van der Waals surface area contributed by atoms with Gasteiger partial charge in [-0.1, -0.05) is 13.8 Å². The van der Waals surface area contributed by atoms with Gasteiger partial charge >= 0.3 is 0 Å². The summed E-state index contributed by atoms with van der Waals surface area (Å²) < 4.78 is 2.25. The lowest BCUT2D eigenvalue weighted by atomic mass is 9.64. The minimum absolute atomic E-state index is 0.00568. The summed E-state index contributed by atoms with van der Waals surface area (Å²) in [5.41, 5.74) is 0.00568. The third-order valence-corrected chi connectivity index (χ3v) is 6.69. The van der Waals surface area contributed by atoms with Crippen LogP contribution < -0.4 is 5.32 Å². The van der Waals surface area contributed by atoms with Gasteiger partial charge in [0.25, 0.3) is 0 Å². The Balaban J connectivity index is 1.89. The maximum Gasteiger partial charge on any atom is 0.0843 e. The van der Waals surface area contributed by atoms with Crippen LogP contribution in [0, 0.1) is 5.41 Å². The zero-order valence-corrected chi connectivity index (χ0v) is 13.2. The molecule has 1 aromatic rings. The molecular weight excluding hydrogens is 354 g/mol. The second kappa shape index (κ2) is 4.69. The average molecular weight is 369 g/mol. The fourth-order valence-electron chi connectivity index (χ4n) is 1.95. The quantitative estimate of drug-likeness (QED) is 0.855. The lowest BCUT2D eigenvalue weighted by Crippen LogP contribution is -2.59. The van der Waals surface area contributed by atoms with Gasteiger partial charge in [-0.15, -0.1) is 11.3 Å². The lowest BCUT2D eigenvalue weighted by Gasteiger charge is -2.49. The Bertz CT molecular complexity index is 372. The SMILES string of the molecule is CC1(C)C(O)CC1NCc1cc(Br)c(Br)s1. The van der Waals surface area contributed by atoms with Crippen molar-refractivity contribution >= 4 is 43.2 Å². The van der Waals surface area contributed by atoms with Crippen molar-refractivity contribution in [3.63, 3.8) is 0 Å². The van der Waals surface area contributed by atoms with E-state index in [-0.39, 0.29) is 11.5 Å². The van der Waals surface area contributed by atoms with E-state index < -0.39 is 0 Å². The molecule has 1 aromatic heterocycles. The first-order valence-corrected chi connectivity index (χ1v) is 7.66. The smallest absolute Gasteiger partial charge is 0.0843 e. The first kappa shape index (κ1) is 13.0. The highest BCUT2D eigenvalue weighted by Gasteiger charge is 2.46. The molecule has 0 aromatic carbocycles. The van der Waals surface area contributed by atoms with Gasteiger partial charge in [-0.25, -0.2) is 0 Å². The average Bonchev–Trinajstić information content (AvgIpc) is 2.53. The third kappa shape index (κ3) is 2.38. The van der Waals surface area contributed by atoms with Gasteiger partial charge in [0.15, 0.2) is 0 Å². The highest BCUT2D eigenvalue weighted by molar-refractivity contribution is 9.13. The van der Waals surface area contributed by atoms with Gasteiger partial charge in [-0.05, 0) is 44.3 Å². The van der Waals surface area contributed by atoms with Crippen LogP contribution in [0.5, 0.6) is 0 Å². The second-order valence-electron chi connectivity index (χ2n) is 4.84. The first-order valence-electron chi connectivity index (χ1n) is 5.26. The van der Waals surface area contributed by atoms with Crippen molar-refractivity contribution < 1.29 is 5.11 Å². The summed E-state index contributed by atoms with van der Waals surface area (Å²) in [7, 11) is 0. The van der Waals surface area contributed by atoms with E-state index >= 15 is 0 Å². The van der Waals surface area contributed by atoms with Crippen LogP contribution in [-0.2, 0) is 6.54 Å². The van der Waals surface area contributed by atoms with Gasteiger partial charge in [-0.2, -0.15) is 0 Å². The molecular formula is C11H15Br2NOS. The molecule has 1 aliphatic carbocycles. The van der Waals surface area contributed by atoms with Gasteiger partial charge in [0.05, 0.1) is 9.89 Å². The van der Waals surface area contributed by atoms with Gasteiger partial charge < -0.3 is 10.4 Å².